The van der Waals surface area contributed by atoms with E-state index in [0.717, 1.165) is 22.3 Å². The van der Waals surface area contributed by atoms with E-state index >= 15 is 0 Å². The number of pyridine rings is 1. The molecular formula is C18H16N2O3. The summed E-state index contributed by atoms with van der Waals surface area (Å²) in [7, 11) is 1.60. The molecule has 5 nitrogen and oxygen atoms in total. The quantitative estimate of drug-likeness (QED) is 0.786. The van der Waals surface area contributed by atoms with Crippen LogP contribution in [0, 0.1) is 0 Å². The number of amides is 1. The van der Waals surface area contributed by atoms with Gasteiger partial charge in [0, 0.05) is 11.6 Å². The molecule has 0 bridgehead atoms. The predicted molar refractivity (Wildman–Crippen MR) is 88.9 cm³/mol. The fourth-order valence-electron chi connectivity index (χ4n) is 2.21. The molecule has 5 heteroatoms. The summed E-state index contributed by atoms with van der Waals surface area (Å²) in [5.41, 5.74) is 1.56. The van der Waals surface area contributed by atoms with Gasteiger partial charge in [-0.15, -0.1) is 0 Å². The van der Waals surface area contributed by atoms with Crippen molar-refractivity contribution in [2.24, 2.45) is 0 Å². The average Bonchev–Trinajstić information content (AvgIpc) is 2.61. The first-order valence-electron chi connectivity index (χ1n) is 7.17. The number of fused-ring (bicyclic) bond motifs is 1. The number of nitrogens with zero attached hydrogens (tertiary/aromatic N) is 1. The van der Waals surface area contributed by atoms with E-state index in [1.165, 1.54) is 0 Å². The number of nitrogens with one attached hydrogen (secondary N) is 1. The number of aromatic nitrogens is 1. The van der Waals surface area contributed by atoms with Crippen molar-refractivity contribution in [3.05, 3.63) is 60.8 Å². The van der Waals surface area contributed by atoms with Crippen molar-refractivity contribution in [3.8, 4) is 11.5 Å². The topological polar surface area (TPSA) is 60.5 Å². The summed E-state index contributed by atoms with van der Waals surface area (Å²) in [5, 5.41) is 3.75. The van der Waals surface area contributed by atoms with Gasteiger partial charge < -0.3 is 14.8 Å². The highest BCUT2D eigenvalue weighted by molar-refractivity contribution is 6.01. The van der Waals surface area contributed by atoms with E-state index in [2.05, 4.69) is 10.3 Å². The van der Waals surface area contributed by atoms with Gasteiger partial charge in [0.05, 0.1) is 18.3 Å². The minimum atomic E-state index is -0.225. The van der Waals surface area contributed by atoms with E-state index in [0.29, 0.717) is 5.75 Å². The Balaban J connectivity index is 1.64. The molecule has 0 saturated heterocycles. The molecule has 1 N–H and O–H groups in total. The van der Waals surface area contributed by atoms with E-state index in [-0.39, 0.29) is 12.5 Å². The van der Waals surface area contributed by atoms with Crippen LogP contribution in [0.2, 0.25) is 0 Å². The van der Waals surface area contributed by atoms with Crippen LogP contribution in [-0.2, 0) is 4.79 Å². The van der Waals surface area contributed by atoms with Crippen molar-refractivity contribution in [2.75, 3.05) is 19.0 Å². The zero-order chi connectivity index (χ0) is 16.1. The van der Waals surface area contributed by atoms with Crippen molar-refractivity contribution in [2.45, 2.75) is 0 Å². The summed E-state index contributed by atoms with van der Waals surface area (Å²) in [6.45, 7) is -0.0665. The molecule has 0 atom stereocenters. The number of benzene rings is 2. The molecule has 0 aliphatic rings. The maximum absolute atomic E-state index is 12.1. The monoisotopic (exact) mass is 308 g/mol. The fraction of sp³-hybridized carbons (Fsp3) is 0.111. The van der Waals surface area contributed by atoms with Gasteiger partial charge in [-0.3, -0.25) is 9.78 Å². The molecule has 3 rings (SSSR count). The predicted octanol–water partition coefficient (Wildman–Crippen LogP) is 3.26. The number of ether oxygens (including phenoxy) is 2. The van der Waals surface area contributed by atoms with Gasteiger partial charge in [0.1, 0.15) is 11.5 Å². The Bertz CT molecular complexity index is 811. The van der Waals surface area contributed by atoms with Crippen LogP contribution in [0.4, 0.5) is 5.69 Å². The second-order valence-electron chi connectivity index (χ2n) is 4.89. The van der Waals surface area contributed by atoms with Crippen LogP contribution in [0.15, 0.2) is 60.8 Å². The lowest BCUT2D eigenvalue weighted by atomic mass is 10.2. The van der Waals surface area contributed by atoms with E-state index < -0.39 is 0 Å². The van der Waals surface area contributed by atoms with E-state index in [1.807, 2.05) is 24.3 Å². The second kappa shape index (κ2) is 6.79. The first kappa shape index (κ1) is 14.8. The van der Waals surface area contributed by atoms with E-state index in [9.17, 15) is 4.79 Å². The first-order valence-corrected chi connectivity index (χ1v) is 7.17. The summed E-state index contributed by atoms with van der Waals surface area (Å²) in [6.07, 6.45) is 1.67. The number of hydrogen-bond acceptors (Lipinski definition) is 4. The lowest BCUT2D eigenvalue weighted by Crippen LogP contribution is -2.20. The molecule has 0 saturated carbocycles. The summed E-state index contributed by atoms with van der Waals surface area (Å²) in [5.74, 6) is 1.13. The lowest BCUT2D eigenvalue weighted by molar-refractivity contribution is -0.118. The number of rotatable bonds is 5. The molecule has 0 radical (unpaired) electrons. The highest BCUT2D eigenvalue weighted by Crippen LogP contribution is 2.21. The normalized spacial score (nSPS) is 10.3. The molecule has 1 aromatic heterocycles. The highest BCUT2D eigenvalue weighted by Gasteiger charge is 2.07. The molecule has 0 fully saturated rings. The van der Waals surface area contributed by atoms with Gasteiger partial charge in [0.2, 0.25) is 0 Å². The third-order valence-electron chi connectivity index (χ3n) is 3.35. The Morgan fingerprint density at radius 3 is 2.57 bits per heavy atom. The largest absolute Gasteiger partial charge is 0.497 e. The maximum Gasteiger partial charge on any atom is 0.262 e. The minimum Gasteiger partial charge on any atom is -0.497 e. The number of carbonyl (C=O) groups excluding carboxylic acids is 1. The minimum absolute atomic E-state index is 0.0665. The number of methoxy groups -OCH3 is 1. The van der Waals surface area contributed by atoms with Crippen LogP contribution in [0.5, 0.6) is 11.5 Å². The molecule has 0 aliphatic heterocycles. The van der Waals surface area contributed by atoms with Crippen LogP contribution in [0.1, 0.15) is 0 Å². The Hall–Kier alpha value is -3.08. The number of anilines is 1. The van der Waals surface area contributed by atoms with Crippen LogP contribution in [-0.4, -0.2) is 24.6 Å². The van der Waals surface area contributed by atoms with Crippen molar-refractivity contribution >= 4 is 22.5 Å². The average molecular weight is 308 g/mol. The standard InChI is InChI=1S/C18H16N2O3/c1-22-13-6-8-14(9-7-13)23-12-18(21)20-17-10-11-19-16-5-3-2-4-15(16)17/h2-11H,12H2,1H3,(H,19,20,21). The van der Waals surface area contributed by atoms with Crippen molar-refractivity contribution in [1.29, 1.82) is 0 Å². The van der Waals surface area contributed by atoms with Crippen molar-refractivity contribution in [1.82, 2.24) is 4.98 Å². The smallest absolute Gasteiger partial charge is 0.262 e. The zero-order valence-corrected chi connectivity index (χ0v) is 12.7. The maximum atomic E-state index is 12.1. The number of para-hydroxylation sites is 1. The van der Waals surface area contributed by atoms with Gasteiger partial charge in [0.25, 0.3) is 5.91 Å². The van der Waals surface area contributed by atoms with Gasteiger partial charge in [-0.05, 0) is 36.4 Å². The molecule has 2 aromatic carbocycles. The molecule has 116 valence electrons. The Kier molecular flexibility index (Phi) is 4.38. The molecule has 0 unspecified atom stereocenters. The van der Waals surface area contributed by atoms with Gasteiger partial charge in [-0.2, -0.15) is 0 Å². The van der Waals surface area contributed by atoms with Gasteiger partial charge in [-0.1, -0.05) is 18.2 Å². The van der Waals surface area contributed by atoms with Gasteiger partial charge >= 0.3 is 0 Å². The van der Waals surface area contributed by atoms with Gasteiger partial charge in [-0.25, -0.2) is 0 Å². The first-order chi connectivity index (χ1) is 11.3. The Labute approximate surface area is 133 Å². The summed E-state index contributed by atoms with van der Waals surface area (Å²) in [6, 6.07) is 16.5. The van der Waals surface area contributed by atoms with Crippen LogP contribution < -0.4 is 14.8 Å². The Morgan fingerprint density at radius 2 is 1.78 bits per heavy atom. The summed E-state index contributed by atoms with van der Waals surface area (Å²) in [4.78, 5) is 16.3. The third-order valence-corrected chi connectivity index (χ3v) is 3.35. The van der Waals surface area contributed by atoms with Gasteiger partial charge in [0.15, 0.2) is 6.61 Å². The van der Waals surface area contributed by atoms with E-state index in [4.69, 9.17) is 9.47 Å². The summed E-state index contributed by atoms with van der Waals surface area (Å²) < 4.78 is 10.5. The Morgan fingerprint density at radius 1 is 1.04 bits per heavy atom. The van der Waals surface area contributed by atoms with Crippen LogP contribution >= 0.6 is 0 Å². The van der Waals surface area contributed by atoms with E-state index in [1.54, 1.807) is 43.6 Å². The molecule has 1 amide bonds. The number of carbonyl (C=O) groups is 1. The van der Waals surface area contributed by atoms with Crippen molar-refractivity contribution < 1.29 is 14.3 Å². The summed E-state index contributed by atoms with van der Waals surface area (Å²) >= 11 is 0. The number of hydrogen-bond donors (Lipinski definition) is 1. The molecule has 23 heavy (non-hydrogen) atoms. The van der Waals surface area contributed by atoms with Crippen LogP contribution in [0.3, 0.4) is 0 Å². The van der Waals surface area contributed by atoms with Crippen LogP contribution in [0.25, 0.3) is 10.9 Å². The highest BCUT2D eigenvalue weighted by atomic mass is 16.5. The lowest BCUT2D eigenvalue weighted by Gasteiger charge is -2.09. The third kappa shape index (κ3) is 3.58. The SMILES string of the molecule is COc1ccc(OCC(=O)Nc2ccnc3ccccc23)cc1. The fourth-order valence-corrected chi connectivity index (χ4v) is 2.21. The molecule has 3 aromatic rings. The van der Waals surface area contributed by atoms with Crippen molar-refractivity contribution in [3.63, 3.8) is 0 Å². The molecule has 0 spiro atoms. The molecular weight excluding hydrogens is 292 g/mol. The molecule has 1 heterocycles. The zero-order valence-electron chi connectivity index (χ0n) is 12.7. The second-order valence-corrected chi connectivity index (χ2v) is 4.89. The molecule has 0 aliphatic carbocycles.